The molecular formula is C29H33N3O10. The first-order chi connectivity index (χ1) is 20.2. The van der Waals surface area contributed by atoms with E-state index >= 15 is 0 Å². The molecule has 3 amide bonds. The molecule has 2 aromatic rings. The van der Waals surface area contributed by atoms with Crippen molar-refractivity contribution in [2.24, 2.45) is 11.7 Å². The predicted octanol–water partition coefficient (Wildman–Crippen LogP) is 0.597. The van der Waals surface area contributed by atoms with Crippen LogP contribution in [0.4, 0.5) is 0 Å². The number of fused-ring (bicyclic) bond motifs is 1. The SMILES string of the molecule is COC(=O)C(COC[C@H](NC(=O)CC[C@@H](N)C(=O)OCc1ccccc1)C(=O)OC)CN1C(=O)c2ccccc2C1=O. The number of nitrogens with two attached hydrogens (primary N) is 1. The van der Waals surface area contributed by atoms with Crippen LogP contribution in [0.2, 0.25) is 0 Å². The second-order valence-electron chi connectivity index (χ2n) is 9.41. The van der Waals surface area contributed by atoms with Gasteiger partial charge in [0.1, 0.15) is 12.6 Å². The molecule has 1 heterocycles. The third-order valence-electron chi connectivity index (χ3n) is 6.45. The summed E-state index contributed by atoms with van der Waals surface area (Å²) in [4.78, 5) is 75.7. The molecular weight excluding hydrogens is 550 g/mol. The number of imide groups is 1. The standard InChI is InChI=1S/C29H33N3O10/c1-39-27(36)19(14-32-25(34)20-10-6-7-11-21(20)26(32)35)16-41-17-23(29(38)40-2)31-24(33)13-12-22(30)28(37)42-15-18-8-4-3-5-9-18/h3-11,19,22-23H,12-17,30H2,1-2H3,(H,31,33)/t19?,22-,23+/m1/s1. The van der Waals surface area contributed by atoms with Crippen LogP contribution in [0.25, 0.3) is 0 Å². The van der Waals surface area contributed by atoms with Crippen molar-refractivity contribution in [2.75, 3.05) is 34.0 Å². The van der Waals surface area contributed by atoms with E-state index in [0.29, 0.717) is 0 Å². The van der Waals surface area contributed by atoms with E-state index in [1.165, 1.54) is 12.1 Å². The van der Waals surface area contributed by atoms with E-state index in [9.17, 15) is 28.8 Å². The number of carbonyl (C=O) groups is 6. The molecule has 0 fully saturated rings. The van der Waals surface area contributed by atoms with Gasteiger partial charge in [-0.15, -0.1) is 0 Å². The minimum Gasteiger partial charge on any atom is -0.469 e. The highest BCUT2D eigenvalue weighted by atomic mass is 16.5. The Bertz CT molecular complexity index is 1260. The summed E-state index contributed by atoms with van der Waals surface area (Å²) in [6.07, 6.45) is -0.238. The zero-order valence-electron chi connectivity index (χ0n) is 23.3. The molecule has 1 aliphatic heterocycles. The maximum Gasteiger partial charge on any atom is 0.330 e. The van der Waals surface area contributed by atoms with Crippen LogP contribution in [0, 0.1) is 5.92 Å². The van der Waals surface area contributed by atoms with E-state index in [1.54, 1.807) is 36.4 Å². The second-order valence-corrected chi connectivity index (χ2v) is 9.41. The van der Waals surface area contributed by atoms with Crippen molar-refractivity contribution in [3.05, 3.63) is 71.3 Å². The van der Waals surface area contributed by atoms with E-state index in [4.69, 9.17) is 24.7 Å². The minimum absolute atomic E-state index is 0.0426. The molecule has 3 N–H and O–H groups in total. The van der Waals surface area contributed by atoms with Crippen LogP contribution in [0.1, 0.15) is 39.1 Å². The maximum atomic E-state index is 12.7. The molecule has 2 aromatic carbocycles. The molecule has 0 saturated heterocycles. The number of carbonyl (C=O) groups excluding carboxylic acids is 6. The van der Waals surface area contributed by atoms with Gasteiger partial charge in [0, 0.05) is 13.0 Å². The second kappa shape index (κ2) is 15.4. The molecule has 0 aliphatic carbocycles. The van der Waals surface area contributed by atoms with Crippen molar-refractivity contribution in [1.29, 1.82) is 0 Å². The number of nitrogens with one attached hydrogen (secondary N) is 1. The van der Waals surface area contributed by atoms with Gasteiger partial charge in [-0.25, -0.2) is 4.79 Å². The lowest BCUT2D eigenvalue weighted by atomic mass is 10.1. The van der Waals surface area contributed by atoms with Crippen LogP contribution < -0.4 is 11.1 Å². The number of hydrogen-bond acceptors (Lipinski definition) is 11. The number of rotatable bonds is 15. The molecule has 3 rings (SSSR count). The first-order valence-electron chi connectivity index (χ1n) is 13.1. The monoisotopic (exact) mass is 583 g/mol. The molecule has 0 bridgehead atoms. The molecule has 3 atom stereocenters. The molecule has 13 nitrogen and oxygen atoms in total. The third kappa shape index (κ3) is 8.44. The Morgan fingerprint density at radius 1 is 0.833 bits per heavy atom. The summed E-state index contributed by atoms with van der Waals surface area (Å²) in [7, 11) is 2.27. The molecule has 0 saturated carbocycles. The number of methoxy groups -OCH3 is 2. The first kappa shape index (κ1) is 31.9. The summed E-state index contributed by atoms with van der Waals surface area (Å²) in [5, 5.41) is 2.45. The molecule has 1 aliphatic rings. The smallest absolute Gasteiger partial charge is 0.330 e. The molecule has 1 unspecified atom stereocenters. The van der Waals surface area contributed by atoms with E-state index < -0.39 is 53.6 Å². The number of ether oxygens (including phenoxy) is 4. The summed E-state index contributed by atoms with van der Waals surface area (Å²) < 4.78 is 20.2. The fraction of sp³-hybridized carbons (Fsp3) is 0.379. The number of hydrogen-bond donors (Lipinski definition) is 2. The van der Waals surface area contributed by atoms with Gasteiger partial charge in [0.15, 0.2) is 6.04 Å². The topological polar surface area (TPSA) is 181 Å². The highest BCUT2D eigenvalue weighted by molar-refractivity contribution is 6.21. The van der Waals surface area contributed by atoms with Crippen LogP contribution >= 0.6 is 0 Å². The Hall–Kier alpha value is -4.62. The van der Waals surface area contributed by atoms with E-state index in [2.05, 4.69) is 5.32 Å². The van der Waals surface area contributed by atoms with Crippen LogP contribution in [-0.4, -0.2) is 86.6 Å². The number of benzene rings is 2. The van der Waals surface area contributed by atoms with Crippen molar-refractivity contribution in [3.8, 4) is 0 Å². The molecule has 0 aromatic heterocycles. The van der Waals surface area contributed by atoms with Gasteiger partial charge in [-0.05, 0) is 24.1 Å². The third-order valence-corrected chi connectivity index (χ3v) is 6.45. The lowest BCUT2D eigenvalue weighted by Crippen LogP contribution is -2.46. The highest BCUT2D eigenvalue weighted by Crippen LogP contribution is 2.23. The van der Waals surface area contributed by atoms with Crippen molar-refractivity contribution in [2.45, 2.75) is 31.5 Å². The summed E-state index contributed by atoms with van der Waals surface area (Å²) in [5.74, 6) is -4.99. The van der Waals surface area contributed by atoms with Crippen LogP contribution in [0.15, 0.2) is 54.6 Å². The maximum absolute atomic E-state index is 12.7. The number of nitrogens with zero attached hydrogens (tertiary/aromatic N) is 1. The van der Waals surface area contributed by atoms with Gasteiger partial charge in [0.25, 0.3) is 11.8 Å². The average molecular weight is 584 g/mol. The fourth-order valence-electron chi connectivity index (χ4n) is 4.13. The number of esters is 3. The summed E-state index contributed by atoms with van der Waals surface area (Å²) in [5.41, 5.74) is 7.09. The average Bonchev–Trinajstić information content (AvgIpc) is 3.25. The Labute approximate surface area is 242 Å². The Kier molecular flexibility index (Phi) is 11.7. The summed E-state index contributed by atoms with van der Waals surface area (Å²) >= 11 is 0. The van der Waals surface area contributed by atoms with Gasteiger partial charge < -0.3 is 30.0 Å². The number of amides is 3. The molecule has 13 heteroatoms. The Morgan fingerprint density at radius 3 is 2.02 bits per heavy atom. The largest absolute Gasteiger partial charge is 0.469 e. The molecule has 42 heavy (non-hydrogen) atoms. The molecule has 0 spiro atoms. The molecule has 224 valence electrons. The van der Waals surface area contributed by atoms with Gasteiger partial charge in [-0.2, -0.15) is 0 Å². The van der Waals surface area contributed by atoms with E-state index in [1.807, 2.05) is 6.07 Å². The zero-order chi connectivity index (χ0) is 30.6. The molecule has 0 radical (unpaired) electrons. The lowest BCUT2D eigenvalue weighted by molar-refractivity contribution is -0.150. The van der Waals surface area contributed by atoms with Crippen molar-refractivity contribution < 1.29 is 47.7 Å². The Morgan fingerprint density at radius 2 is 1.43 bits per heavy atom. The van der Waals surface area contributed by atoms with Crippen molar-refractivity contribution in [1.82, 2.24) is 10.2 Å². The summed E-state index contributed by atoms with van der Waals surface area (Å²) in [6, 6.07) is 13.0. The first-order valence-corrected chi connectivity index (χ1v) is 13.1. The Balaban J connectivity index is 1.50. The van der Waals surface area contributed by atoms with Gasteiger partial charge in [0.05, 0.1) is 44.5 Å². The predicted molar refractivity (Wildman–Crippen MR) is 146 cm³/mol. The van der Waals surface area contributed by atoms with Crippen LogP contribution in [0.3, 0.4) is 0 Å². The minimum atomic E-state index is -1.25. The van der Waals surface area contributed by atoms with Crippen LogP contribution in [-0.2, 0) is 44.7 Å². The van der Waals surface area contributed by atoms with Crippen molar-refractivity contribution in [3.63, 3.8) is 0 Å². The van der Waals surface area contributed by atoms with Gasteiger partial charge in [-0.3, -0.25) is 28.9 Å². The van der Waals surface area contributed by atoms with Crippen molar-refractivity contribution >= 4 is 35.6 Å². The zero-order valence-corrected chi connectivity index (χ0v) is 23.3. The van der Waals surface area contributed by atoms with E-state index in [0.717, 1.165) is 24.7 Å². The summed E-state index contributed by atoms with van der Waals surface area (Å²) in [6.45, 7) is -0.992. The lowest BCUT2D eigenvalue weighted by Gasteiger charge is -2.22. The van der Waals surface area contributed by atoms with E-state index in [-0.39, 0.29) is 50.3 Å². The quantitative estimate of drug-likeness (QED) is 0.170. The van der Waals surface area contributed by atoms with Gasteiger partial charge in [-0.1, -0.05) is 42.5 Å². The highest BCUT2D eigenvalue weighted by Gasteiger charge is 2.38. The fourth-order valence-corrected chi connectivity index (χ4v) is 4.13. The normalized spacial score (nSPS) is 14.4. The van der Waals surface area contributed by atoms with Gasteiger partial charge in [0.2, 0.25) is 5.91 Å². The van der Waals surface area contributed by atoms with Crippen LogP contribution in [0.5, 0.6) is 0 Å². The van der Waals surface area contributed by atoms with Gasteiger partial charge >= 0.3 is 17.9 Å².